The average Bonchev–Trinajstić information content (AvgIpc) is 2.97. The number of hydrogen-bond donors (Lipinski definition) is 1. The predicted molar refractivity (Wildman–Crippen MR) is 61.0 cm³/mol. The lowest BCUT2D eigenvalue weighted by molar-refractivity contribution is -0.119. The number of benzene rings is 1. The molecule has 80 valence electrons. The normalized spacial score (nSPS) is 17.2. The first-order valence-electron chi connectivity index (χ1n) is 5.13. The molecular formula is C12H14ClNO. The smallest absolute Gasteiger partial charge is 0.216 e. The molecule has 2 nitrogen and oxygen atoms in total. The van der Waals surface area contributed by atoms with Gasteiger partial charge in [0.25, 0.3) is 0 Å². The van der Waals surface area contributed by atoms with E-state index in [2.05, 4.69) is 11.4 Å². The number of carbonyl (C=O) groups is 1. The third-order valence-electron chi connectivity index (χ3n) is 2.97. The van der Waals surface area contributed by atoms with Gasteiger partial charge in [0.05, 0.1) is 0 Å². The third kappa shape index (κ3) is 2.15. The van der Waals surface area contributed by atoms with Gasteiger partial charge in [0.15, 0.2) is 0 Å². The third-order valence-corrected chi connectivity index (χ3v) is 3.30. The Balaban J connectivity index is 2.16. The second kappa shape index (κ2) is 3.86. The van der Waals surface area contributed by atoms with Crippen molar-refractivity contribution in [3.63, 3.8) is 0 Å². The van der Waals surface area contributed by atoms with Crippen LogP contribution in [0.4, 0.5) is 0 Å². The second-order valence-electron chi connectivity index (χ2n) is 4.17. The molecule has 0 bridgehead atoms. The maximum Gasteiger partial charge on any atom is 0.216 e. The Bertz CT molecular complexity index is 385. The van der Waals surface area contributed by atoms with Crippen LogP contribution in [0.5, 0.6) is 0 Å². The van der Waals surface area contributed by atoms with Gasteiger partial charge in [0.2, 0.25) is 5.91 Å². The van der Waals surface area contributed by atoms with Crippen LogP contribution in [0.1, 0.15) is 25.3 Å². The monoisotopic (exact) mass is 223 g/mol. The first-order chi connectivity index (χ1) is 7.14. The molecule has 0 saturated heterocycles. The number of halogens is 1. The summed E-state index contributed by atoms with van der Waals surface area (Å²) < 4.78 is 0. The maximum atomic E-state index is 10.9. The first kappa shape index (κ1) is 10.5. The Morgan fingerprint density at radius 1 is 1.47 bits per heavy atom. The molecule has 0 aliphatic heterocycles. The quantitative estimate of drug-likeness (QED) is 0.838. The lowest BCUT2D eigenvalue weighted by Gasteiger charge is -2.17. The van der Waals surface area contributed by atoms with Crippen molar-refractivity contribution in [2.75, 3.05) is 6.54 Å². The maximum absolute atomic E-state index is 10.9. The van der Waals surface area contributed by atoms with Crippen molar-refractivity contribution in [3.05, 3.63) is 34.9 Å². The standard InChI is InChI=1S/C12H14ClNO/c1-9(15)14-8-12(6-7-12)10-4-2-3-5-11(10)13/h2-5H,6-8H2,1H3,(H,14,15). The van der Waals surface area contributed by atoms with Crippen LogP contribution in [0.3, 0.4) is 0 Å². The molecule has 0 spiro atoms. The molecule has 1 aliphatic carbocycles. The van der Waals surface area contributed by atoms with Crippen LogP contribution in [0.15, 0.2) is 24.3 Å². The minimum absolute atomic E-state index is 0.0216. The van der Waals surface area contributed by atoms with Gasteiger partial charge >= 0.3 is 0 Å². The molecular weight excluding hydrogens is 210 g/mol. The highest BCUT2D eigenvalue weighted by atomic mass is 35.5. The minimum Gasteiger partial charge on any atom is -0.355 e. The second-order valence-corrected chi connectivity index (χ2v) is 4.58. The van der Waals surface area contributed by atoms with Gasteiger partial charge in [-0.3, -0.25) is 4.79 Å². The van der Waals surface area contributed by atoms with Crippen LogP contribution >= 0.6 is 11.6 Å². The zero-order valence-electron chi connectivity index (χ0n) is 8.72. The summed E-state index contributed by atoms with van der Waals surface area (Å²) in [6.45, 7) is 2.24. The van der Waals surface area contributed by atoms with Gasteiger partial charge in [0, 0.05) is 23.9 Å². The Labute approximate surface area is 94.6 Å². The summed E-state index contributed by atoms with van der Waals surface area (Å²) in [5, 5.41) is 3.68. The first-order valence-corrected chi connectivity index (χ1v) is 5.51. The van der Waals surface area contributed by atoms with Crippen molar-refractivity contribution in [2.45, 2.75) is 25.2 Å². The SMILES string of the molecule is CC(=O)NCC1(c2ccccc2Cl)CC1. The zero-order chi connectivity index (χ0) is 10.9. The van der Waals surface area contributed by atoms with Crippen LogP contribution in [-0.2, 0) is 10.2 Å². The fraction of sp³-hybridized carbons (Fsp3) is 0.417. The Hall–Kier alpha value is -1.02. The fourth-order valence-electron chi connectivity index (χ4n) is 1.88. The van der Waals surface area contributed by atoms with Gasteiger partial charge in [-0.1, -0.05) is 29.8 Å². The number of amides is 1. The van der Waals surface area contributed by atoms with E-state index in [-0.39, 0.29) is 11.3 Å². The molecule has 0 aromatic heterocycles. The van der Waals surface area contributed by atoms with Crippen molar-refractivity contribution in [1.82, 2.24) is 5.32 Å². The molecule has 1 aromatic carbocycles. The van der Waals surface area contributed by atoms with Crippen molar-refractivity contribution in [3.8, 4) is 0 Å². The summed E-state index contributed by atoms with van der Waals surface area (Å²) in [6, 6.07) is 7.89. The number of rotatable bonds is 3. The molecule has 0 atom stereocenters. The predicted octanol–water partition coefficient (Wildman–Crippen LogP) is 2.51. The van der Waals surface area contributed by atoms with E-state index < -0.39 is 0 Å². The summed E-state index contributed by atoms with van der Waals surface area (Å²) in [5.41, 5.74) is 1.27. The number of carbonyl (C=O) groups excluding carboxylic acids is 1. The molecule has 0 heterocycles. The minimum atomic E-state index is 0.0216. The molecule has 15 heavy (non-hydrogen) atoms. The van der Waals surface area contributed by atoms with Crippen molar-refractivity contribution in [1.29, 1.82) is 0 Å². The molecule has 0 radical (unpaired) electrons. The van der Waals surface area contributed by atoms with E-state index in [1.54, 1.807) is 6.92 Å². The lowest BCUT2D eigenvalue weighted by atomic mass is 9.96. The lowest BCUT2D eigenvalue weighted by Crippen LogP contribution is -2.30. The van der Waals surface area contributed by atoms with Crippen LogP contribution in [0.2, 0.25) is 5.02 Å². The van der Waals surface area contributed by atoms with Crippen LogP contribution < -0.4 is 5.32 Å². The van der Waals surface area contributed by atoms with E-state index in [0.29, 0.717) is 6.54 Å². The largest absolute Gasteiger partial charge is 0.355 e. The fourth-order valence-corrected chi connectivity index (χ4v) is 2.21. The summed E-state index contributed by atoms with van der Waals surface area (Å²) >= 11 is 6.15. The highest BCUT2D eigenvalue weighted by Crippen LogP contribution is 2.49. The zero-order valence-corrected chi connectivity index (χ0v) is 9.47. The molecule has 1 fully saturated rings. The van der Waals surface area contributed by atoms with Crippen molar-refractivity contribution < 1.29 is 4.79 Å². The molecule has 3 heteroatoms. The summed E-state index contributed by atoms with van der Waals surface area (Å²) in [5.74, 6) is 0.0216. The topological polar surface area (TPSA) is 29.1 Å². The molecule has 1 saturated carbocycles. The van der Waals surface area contributed by atoms with E-state index in [1.807, 2.05) is 18.2 Å². The van der Waals surface area contributed by atoms with E-state index in [9.17, 15) is 4.79 Å². The van der Waals surface area contributed by atoms with Crippen LogP contribution in [0, 0.1) is 0 Å². The van der Waals surface area contributed by atoms with E-state index in [4.69, 9.17) is 11.6 Å². The van der Waals surface area contributed by atoms with Crippen molar-refractivity contribution in [2.24, 2.45) is 0 Å². The molecule has 2 rings (SSSR count). The Kier molecular flexibility index (Phi) is 2.70. The molecule has 1 amide bonds. The van der Waals surface area contributed by atoms with Crippen LogP contribution in [-0.4, -0.2) is 12.5 Å². The highest BCUT2D eigenvalue weighted by Gasteiger charge is 2.45. The molecule has 1 aliphatic rings. The van der Waals surface area contributed by atoms with E-state index in [1.165, 1.54) is 5.56 Å². The average molecular weight is 224 g/mol. The van der Waals surface area contributed by atoms with E-state index in [0.717, 1.165) is 17.9 Å². The molecule has 0 unspecified atom stereocenters. The summed E-state index contributed by atoms with van der Waals surface area (Å²) in [4.78, 5) is 10.9. The van der Waals surface area contributed by atoms with Gasteiger partial charge in [0.1, 0.15) is 0 Å². The van der Waals surface area contributed by atoms with Gasteiger partial charge in [-0.25, -0.2) is 0 Å². The number of nitrogens with one attached hydrogen (secondary N) is 1. The Morgan fingerprint density at radius 3 is 2.67 bits per heavy atom. The summed E-state index contributed by atoms with van der Waals surface area (Å²) in [6.07, 6.45) is 2.22. The highest BCUT2D eigenvalue weighted by molar-refractivity contribution is 6.31. The molecule has 1 aromatic rings. The summed E-state index contributed by atoms with van der Waals surface area (Å²) in [7, 11) is 0. The van der Waals surface area contributed by atoms with E-state index >= 15 is 0 Å². The van der Waals surface area contributed by atoms with Crippen LogP contribution in [0.25, 0.3) is 0 Å². The molecule has 1 N–H and O–H groups in total. The van der Waals surface area contributed by atoms with Gasteiger partial charge in [-0.05, 0) is 24.5 Å². The van der Waals surface area contributed by atoms with Gasteiger partial charge < -0.3 is 5.32 Å². The number of hydrogen-bond acceptors (Lipinski definition) is 1. The van der Waals surface area contributed by atoms with Gasteiger partial charge in [-0.2, -0.15) is 0 Å². The Morgan fingerprint density at radius 2 is 2.13 bits per heavy atom. The van der Waals surface area contributed by atoms with Crippen molar-refractivity contribution >= 4 is 17.5 Å². The van der Waals surface area contributed by atoms with Gasteiger partial charge in [-0.15, -0.1) is 0 Å².